The molecule has 7 nitrogen and oxygen atoms in total. The number of halogens is 2. The molecule has 1 saturated heterocycles. The normalized spacial score (nSPS) is 19.4. The van der Waals surface area contributed by atoms with E-state index < -0.39 is 22.9 Å². The molecular formula is C28H42F2N4O3S. The van der Waals surface area contributed by atoms with Gasteiger partial charge in [0, 0.05) is 47.2 Å². The Morgan fingerprint density at radius 2 is 1.82 bits per heavy atom. The third-order valence-electron chi connectivity index (χ3n) is 5.28. The Balaban J connectivity index is 0.000000580. The molecule has 2 aromatic heterocycles. The molecule has 3 heterocycles. The standard InChI is InChI=1S/C14H16FN3.C7H12FNO.C5H8O2S.C2H6/c1-4-12-7-10(5-6-16-12)11-8-17-13(18-9-11)14(2,3)15;1-4-6(8)3-7(9-4)5(2)10;1-3-4-5(2)8(6)7;1-2/h5-9H,4H2,1-3H3;4,6-7,9H,3H2,1-2H3;3-4H,1H2,2H3,(H,6,7);1-2H3/b;;5-4+;/t;4-,6+,7-;;/m.0../s1. The van der Waals surface area contributed by atoms with Crippen LogP contribution in [0.1, 0.15) is 73.3 Å². The van der Waals surface area contributed by atoms with E-state index in [0.29, 0.717) is 11.3 Å². The Morgan fingerprint density at radius 1 is 1.24 bits per heavy atom. The minimum Gasteiger partial charge on any atom is -0.302 e. The van der Waals surface area contributed by atoms with Crippen molar-refractivity contribution in [3.63, 3.8) is 0 Å². The molecule has 0 saturated carbocycles. The van der Waals surface area contributed by atoms with Crippen LogP contribution in [0.5, 0.6) is 0 Å². The van der Waals surface area contributed by atoms with E-state index in [1.807, 2.05) is 26.0 Å². The summed E-state index contributed by atoms with van der Waals surface area (Å²) >= 11 is -1.82. The van der Waals surface area contributed by atoms with E-state index in [0.717, 1.165) is 23.2 Å². The molecule has 4 atom stereocenters. The van der Waals surface area contributed by atoms with E-state index in [2.05, 4.69) is 33.8 Å². The maximum Gasteiger partial charge on any atom is 0.181 e. The lowest BCUT2D eigenvalue weighted by Crippen LogP contribution is -2.33. The minimum atomic E-state index is -1.82. The van der Waals surface area contributed by atoms with Crippen LogP contribution >= 0.6 is 0 Å². The number of hydrogen-bond donors (Lipinski definition) is 2. The molecule has 0 radical (unpaired) electrons. The Labute approximate surface area is 228 Å². The lowest BCUT2D eigenvalue weighted by molar-refractivity contribution is -0.118. The zero-order valence-electron chi connectivity index (χ0n) is 23.7. The average Bonchev–Trinajstić information content (AvgIpc) is 3.24. The summed E-state index contributed by atoms with van der Waals surface area (Å²) in [5, 5.41) is 2.88. The van der Waals surface area contributed by atoms with Gasteiger partial charge in [-0.1, -0.05) is 33.4 Å². The molecule has 1 aliphatic heterocycles. The summed E-state index contributed by atoms with van der Waals surface area (Å²) in [6.45, 7) is 17.1. The molecule has 0 spiro atoms. The fourth-order valence-corrected chi connectivity index (χ4v) is 3.27. The van der Waals surface area contributed by atoms with Crippen LogP contribution in [-0.4, -0.2) is 47.8 Å². The number of aromatic nitrogens is 3. The van der Waals surface area contributed by atoms with E-state index in [-0.39, 0.29) is 23.7 Å². The summed E-state index contributed by atoms with van der Waals surface area (Å²) in [5.41, 5.74) is 1.39. The number of aryl methyl sites for hydroxylation is 1. The van der Waals surface area contributed by atoms with Crippen LogP contribution in [-0.2, 0) is 28.0 Å². The van der Waals surface area contributed by atoms with Crippen molar-refractivity contribution in [1.82, 2.24) is 20.3 Å². The number of ketones is 1. The highest BCUT2D eigenvalue weighted by molar-refractivity contribution is 7.83. The number of nitrogens with one attached hydrogen (secondary N) is 1. The summed E-state index contributed by atoms with van der Waals surface area (Å²) in [4.78, 5) is 23.5. The van der Waals surface area contributed by atoms with Crippen molar-refractivity contribution in [2.24, 2.45) is 0 Å². The Hall–Kier alpha value is -2.69. The molecule has 10 heteroatoms. The predicted molar refractivity (Wildman–Crippen MR) is 151 cm³/mol. The summed E-state index contributed by atoms with van der Waals surface area (Å²) in [6, 6.07) is 3.50. The number of carbonyl (C=O) groups excluding carboxylic acids is 1. The Morgan fingerprint density at radius 3 is 2.16 bits per heavy atom. The van der Waals surface area contributed by atoms with E-state index in [1.165, 1.54) is 32.9 Å². The molecule has 2 N–H and O–H groups in total. The van der Waals surface area contributed by atoms with E-state index in [4.69, 9.17) is 4.55 Å². The van der Waals surface area contributed by atoms with E-state index in [9.17, 15) is 17.8 Å². The van der Waals surface area contributed by atoms with Gasteiger partial charge in [-0.3, -0.25) is 9.78 Å². The first-order chi connectivity index (χ1) is 17.8. The van der Waals surface area contributed by atoms with Crippen LogP contribution in [0.2, 0.25) is 0 Å². The number of alkyl halides is 2. The second kappa shape index (κ2) is 17.8. The van der Waals surface area contributed by atoms with Crippen molar-refractivity contribution in [3.8, 4) is 11.1 Å². The highest BCUT2D eigenvalue weighted by atomic mass is 32.2. The monoisotopic (exact) mass is 552 g/mol. The van der Waals surface area contributed by atoms with Gasteiger partial charge in [-0.2, -0.15) is 0 Å². The first-order valence-corrected chi connectivity index (χ1v) is 13.7. The lowest BCUT2D eigenvalue weighted by Gasteiger charge is -2.12. The number of Topliss-reactive ketones (excluding diaryl/α,β-unsaturated/α-hetero) is 1. The number of hydrogen-bond acceptors (Lipinski definition) is 6. The number of rotatable bonds is 6. The van der Waals surface area contributed by atoms with Gasteiger partial charge in [-0.15, -0.1) is 0 Å². The first kappa shape index (κ1) is 35.3. The molecule has 0 aliphatic carbocycles. The predicted octanol–water partition coefficient (Wildman–Crippen LogP) is 6.29. The molecule has 38 heavy (non-hydrogen) atoms. The van der Waals surface area contributed by atoms with Crippen LogP contribution in [0.3, 0.4) is 0 Å². The van der Waals surface area contributed by atoms with Crippen LogP contribution in [0.4, 0.5) is 8.78 Å². The van der Waals surface area contributed by atoms with Gasteiger partial charge in [0.1, 0.15) is 12.0 Å². The van der Waals surface area contributed by atoms with Crippen molar-refractivity contribution in [1.29, 1.82) is 0 Å². The van der Waals surface area contributed by atoms with Gasteiger partial charge in [0.15, 0.2) is 22.6 Å². The maximum atomic E-state index is 13.6. The average molecular weight is 553 g/mol. The van der Waals surface area contributed by atoms with E-state index in [1.54, 1.807) is 32.4 Å². The topological polar surface area (TPSA) is 105 Å². The number of pyridine rings is 1. The number of carbonyl (C=O) groups is 1. The van der Waals surface area contributed by atoms with Crippen molar-refractivity contribution in [2.45, 2.75) is 92.2 Å². The van der Waals surface area contributed by atoms with Gasteiger partial charge in [0.05, 0.1) is 6.04 Å². The fraction of sp³-hybridized carbons (Fsp3) is 0.500. The second-order valence-electron chi connectivity index (χ2n) is 8.79. The molecule has 0 aromatic carbocycles. The van der Waals surface area contributed by atoms with Crippen LogP contribution in [0.15, 0.2) is 54.4 Å². The summed E-state index contributed by atoms with van der Waals surface area (Å²) < 4.78 is 44.7. The molecule has 1 aliphatic rings. The quantitative estimate of drug-likeness (QED) is 0.320. The SMILES string of the molecule is C=C/C=C(\C)S(=O)O.CC.CC(=O)[C@@H]1C[C@@H](F)[C@H](C)N1.CCc1cc(-c2cnc(C(C)(C)F)nc2)ccn1. The Kier molecular flexibility index (Phi) is 16.5. The van der Waals surface area contributed by atoms with Gasteiger partial charge in [0.25, 0.3) is 0 Å². The fourth-order valence-electron chi connectivity index (χ4n) is 3.06. The largest absolute Gasteiger partial charge is 0.302 e. The summed E-state index contributed by atoms with van der Waals surface area (Å²) in [6.07, 6.45) is 8.41. The van der Waals surface area contributed by atoms with Crippen molar-refractivity contribution in [3.05, 3.63) is 65.9 Å². The third-order valence-corrected chi connectivity index (χ3v) is 5.97. The molecule has 2 aromatic rings. The third kappa shape index (κ3) is 12.7. The summed E-state index contributed by atoms with van der Waals surface area (Å²) in [7, 11) is 0. The van der Waals surface area contributed by atoms with Crippen molar-refractivity contribution < 1.29 is 22.3 Å². The van der Waals surface area contributed by atoms with Crippen LogP contribution in [0.25, 0.3) is 11.1 Å². The zero-order valence-corrected chi connectivity index (χ0v) is 24.5. The van der Waals surface area contributed by atoms with Gasteiger partial charge in [0.2, 0.25) is 0 Å². The molecule has 1 fully saturated rings. The minimum absolute atomic E-state index is 0.0343. The molecule has 3 rings (SSSR count). The van der Waals surface area contributed by atoms with Gasteiger partial charge < -0.3 is 9.87 Å². The maximum absolute atomic E-state index is 13.6. The Bertz CT molecular complexity index is 1050. The zero-order chi connectivity index (χ0) is 29.5. The summed E-state index contributed by atoms with van der Waals surface area (Å²) in [5.74, 6) is 0.239. The number of nitrogens with zero attached hydrogens (tertiary/aromatic N) is 3. The molecule has 1 unspecified atom stereocenters. The van der Waals surface area contributed by atoms with Crippen LogP contribution < -0.4 is 5.32 Å². The first-order valence-electron chi connectivity index (χ1n) is 12.6. The van der Waals surface area contributed by atoms with Crippen LogP contribution in [0, 0.1) is 0 Å². The highest BCUT2D eigenvalue weighted by Crippen LogP contribution is 2.23. The van der Waals surface area contributed by atoms with Crippen molar-refractivity contribution in [2.75, 3.05) is 0 Å². The smallest absolute Gasteiger partial charge is 0.181 e. The number of allylic oxidation sites excluding steroid dienone is 3. The van der Waals surface area contributed by atoms with Gasteiger partial charge in [-0.25, -0.2) is 23.0 Å². The molecule has 0 amide bonds. The lowest BCUT2D eigenvalue weighted by atomic mass is 10.1. The van der Waals surface area contributed by atoms with Crippen molar-refractivity contribution >= 4 is 16.9 Å². The van der Waals surface area contributed by atoms with E-state index >= 15 is 0 Å². The molecule has 212 valence electrons. The van der Waals surface area contributed by atoms with Gasteiger partial charge >= 0.3 is 0 Å². The van der Waals surface area contributed by atoms with Gasteiger partial charge in [-0.05, 0) is 64.8 Å². The highest BCUT2D eigenvalue weighted by Gasteiger charge is 2.32. The molecular weight excluding hydrogens is 510 g/mol. The molecule has 0 bridgehead atoms. The second-order valence-corrected chi connectivity index (χ2v) is 9.93.